The van der Waals surface area contributed by atoms with Crippen LogP contribution < -0.4 is 10.1 Å². The molecule has 18 heavy (non-hydrogen) atoms. The lowest BCUT2D eigenvalue weighted by molar-refractivity contribution is 0.171. The molecule has 1 aromatic carbocycles. The Kier molecular flexibility index (Phi) is 5.47. The number of nitrogens with one attached hydrogen (secondary N) is 1. The summed E-state index contributed by atoms with van der Waals surface area (Å²) in [6.07, 6.45) is 3.53. The van der Waals surface area contributed by atoms with Crippen molar-refractivity contribution in [2.75, 3.05) is 20.3 Å². The number of rotatable bonds is 8. The first-order valence-electron chi connectivity index (χ1n) is 6.43. The summed E-state index contributed by atoms with van der Waals surface area (Å²) in [6, 6.07) is 6.89. The van der Waals surface area contributed by atoms with Gasteiger partial charge in [0.1, 0.15) is 5.75 Å². The highest BCUT2D eigenvalue weighted by atomic mass is 79.9. The highest BCUT2D eigenvalue weighted by Gasteiger charge is 2.20. The summed E-state index contributed by atoms with van der Waals surface area (Å²) < 4.78 is 11.9. The van der Waals surface area contributed by atoms with Gasteiger partial charge in [-0.25, -0.2) is 0 Å². The molecule has 0 spiro atoms. The van der Waals surface area contributed by atoms with Crippen molar-refractivity contribution in [2.24, 2.45) is 0 Å². The van der Waals surface area contributed by atoms with Gasteiger partial charge in [0, 0.05) is 42.8 Å². The fourth-order valence-electron chi connectivity index (χ4n) is 1.75. The molecule has 3 nitrogen and oxygen atoms in total. The van der Waals surface area contributed by atoms with Gasteiger partial charge in [-0.1, -0.05) is 15.9 Å². The second-order valence-electron chi connectivity index (χ2n) is 4.60. The maximum atomic E-state index is 5.81. The van der Waals surface area contributed by atoms with Crippen LogP contribution in [0.1, 0.15) is 24.8 Å². The molecule has 0 amide bonds. The monoisotopic (exact) mass is 313 g/mol. The topological polar surface area (TPSA) is 30.5 Å². The fraction of sp³-hybridized carbons (Fsp3) is 0.571. The number of halogens is 1. The van der Waals surface area contributed by atoms with Crippen LogP contribution in [0.3, 0.4) is 0 Å². The van der Waals surface area contributed by atoms with Gasteiger partial charge >= 0.3 is 0 Å². The summed E-state index contributed by atoms with van der Waals surface area (Å²) in [5.74, 6) is 0.974. The Hall–Kier alpha value is -0.580. The van der Waals surface area contributed by atoms with Crippen LogP contribution in [0, 0.1) is 0 Å². The van der Waals surface area contributed by atoms with Crippen LogP contribution in [0.15, 0.2) is 22.7 Å². The van der Waals surface area contributed by atoms with E-state index in [1.165, 1.54) is 18.4 Å². The maximum absolute atomic E-state index is 5.81. The third-order valence-electron chi connectivity index (χ3n) is 2.93. The molecule has 1 N–H and O–H groups in total. The van der Waals surface area contributed by atoms with Crippen LogP contribution in [-0.4, -0.2) is 26.4 Å². The molecule has 0 radical (unpaired) electrons. The second kappa shape index (κ2) is 7.12. The number of ether oxygens (including phenoxy) is 2. The smallest absolute Gasteiger partial charge is 0.123 e. The maximum Gasteiger partial charge on any atom is 0.123 e. The predicted molar refractivity (Wildman–Crippen MR) is 76.0 cm³/mol. The average Bonchev–Trinajstić information content (AvgIpc) is 3.18. The summed E-state index contributed by atoms with van der Waals surface area (Å²) in [4.78, 5) is 0. The zero-order valence-corrected chi connectivity index (χ0v) is 12.3. The Bertz CT molecular complexity index is 380. The van der Waals surface area contributed by atoms with E-state index < -0.39 is 0 Å². The van der Waals surface area contributed by atoms with E-state index in [9.17, 15) is 0 Å². The van der Waals surface area contributed by atoms with Gasteiger partial charge in [-0.05, 0) is 31.0 Å². The van der Waals surface area contributed by atoms with Crippen LogP contribution >= 0.6 is 15.9 Å². The summed E-state index contributed by atoms with van der Waals surface area (Å²) in [7, 11) is 1.71. The fourth-order valence-corrected chi connectivity index (χ4v) is 2.16. The third kappa shape index (κ3) is 4.59. The van der Waals surface area contributed by atoms with Crippen molar-refractivity contribution in [2.45, 2.75) is 31.8 Å². The Morgan fingerprint density at radius 3 is 2.89 bits per heavy atom. The van der Waals surface area contributed by atoms with Gasteiger partial charge in [-0.2, -0.15) is 0 Å². The Labute approximate surface area is 117 Å². The standard InChI is InChI=1S/C14H20BrNO2/c1-17-7-2-8-18-14-6-3-12(15)9-11(14)10-16-13-4-5-13/h3,6,9,13,16H,2,4-5,7-8,10H2,1H3. The van der Waals surface area contributed by atoms with E-state index in [0.717, 1.165) is 29.8 Å². The molecule has 0 aliphatic heterocycles. The summed E-state index contributed by atoms with van der Waals surface area (Å²) in [5, 5.41) is 3.52. The normalized spacial score (nSPS) is 14.8. The third-order valence-corrected chi connectivity index (χ3v) is 3.42. The summed E-state index contributed by atoms with van der Waals surface area (Å²) in [6.45, 7) is 2.32. The Morgan fingerprint density at radius 1 is 1.33 bits per heavy atom. The predicted octanol–water partition coefficient (Wildman–Crippen LogP) is 3.12. The van der Waals surface area contributed by atoms with E-state index in [4.69, 9.17) is 9.47 Å². The first kappa shape index (κ1) is 13.8. The zero-order chi connectivity index (χ0) is 12.8. The minimum Gasteiger partial charge on any atom is -0.493 e. The largest absolute Gasteiger partial charge is 0.493 e. The van der Waals surface area contributed by atoms with E-state index in [1.807, 2.05) is 12.1 Å². The van der Waals surface area contributed by atoms with Crippen molar-refractivity contribution in [1.82, 2.24) is 5.32 Å². The van der Waals surface area contributed by atoms with Crippen LogP contribution in [0.2, 0.25) is 0 Å². The van der Waals surface area contributed by atoms with Gasteiger partial charge < -0.3 is 14.8 Å². The average molecular weight is 314 g/mol. The van der Waals surface area contributed by atoms with E-state index in [-0.39, 0.29) is 0 Å². The molecule has 4 heteroatoms. The first-order chi connectivity index (χ1) is 8.79. The van der Waals surface area contributed by atoms with E-state index in [2.05, 4.69) is 27.3 Å². The highest BCUT2D eigenvalue weighted by Crippen LogP contribution is 2.25. The second-order valence-corrected chi connectivity index (χ2v) is 5.52. The van der Waals surface area contributed by atoms with Crippen LogP contribution in [-0.2, 0) is 11.3 Å². The molecule has 0 bridgehead atoms. The lowest BCUT2D eigenvalue weighted by Crippen LogP contribution is -2.16. The summed E-state index contributed by atoms with van der Waals surface area (Å²) in [5.41, 5.74) is 1.22. The van der Waals surface area contributed by atoms with Crippen LogP contribution in [0.5, 0.6) is 5.75 Å². The molecule has 0 unspecified atom stereocenters. The number of hydrogen-bond acceptors (Lipinski definition) is 3. The minimum absolute atomic E-state index is 0.700. The van der Waals surface area contributed by atoms with Crippen LogP contribution in [0.4, 0.5) is 0 Å². The molecule has 0 atom stereocenters. The molecule has 100 valence electrons. The van der Waals surface area contributed by atoms with Gasteiger partial charge in [0.15, 0.2) is 0 Å². The van der Waals surface area contributed by atoms with Crippen LogP contribution in [0.25, 0.3) is 0 Å². The molecule has 1 aliphatic carbocycles. The Morgan fingerprint density at radius 2 is 2.17 bits per heavy atom. The SMILES string of the molecule is COCCCOc1ccc(Br)cc1CNC1CC1. The van der Waals surface area contributed by atoms with Gasteiger partial charge in [0.25, 0.3) is 0 Å². The number of hydrogen-bond donors (Lipinski definition) is 1. The zero-order valence-electron chi connectivity index (χ0n) is 10.7. The molecule has 0 aromatic heterocycles. The number of methoxy groups -OCH3 is 1. The van der Waals surface area contributed by atoms with Gasteiger partial charge in [0.2, 0.25) is 0 Å². The van der Waals surface area contributed by atoms with E-state index in [0.29, 0.717) is 12.6 Å². The van der Waals surface area contributed by atoms with Gasteiger partial charge in [-0.3, -0.25) is 0 Å². The molecule has 2 rings (SSSR count). The minimum atomic E-state index is 0.700. The molecule has 0 saturated heterocycles. The highest BCUT2D eigenvalue weighted by molar-refractivity contribution is 9.10. The quantitative estimate of drug-likeness (QED) is 0.748. The van der Waals surface area contributed by atoms with Crippen molar-refractivity contribution >= 4 is 15.9 Å². The molecular formula is C14H20BrNO2. The number of benzene rings is 1. The van der Waals surface area contributed by atoms with Gasteiger partial charge in [0.05, 0.1) is 6.61 Å². The van der Waals surface area contributed by atoms with Crippen molar-refractivity contribution in [3.63, 3.8) is 0 Å². The molecule has 1 saturated carbocycles. The molecular weight excluding hydrogens is 294 g/mol. The molecule has 1 fully saturated rings. The molecule has 0 heterocycles. The van der Waals surface area contributed by atoms with E-state index >= 15 is 0 Å². The molecule has 1 aromatic rings. The Balaban J connectivity index is 1.88. The van der Waals surface area contributed by atoms with Crippen molar-refractivity contribution < 1.29 is 9.47 Å². The lowest BCUT2D eigenvalue weighted by Gasteiger charge is -2.12. The van der Waals surface area contributed by atoms with Crippen molar-refractivity contribution in [3.05, 3.63) is 28.2 Å². The van der Waals surface area contributed by atoms with Crippen molar-refractivity contribution in [1.29, 1.82) is 0 Å². The van der Waals surface area contributed by atoms with Crippen molar-refractivity contribution in [3.8, 4) is 5.75 Å². The lowest BCUT2D eigenvalue weighted by atomic mass is 10.2. The van der Waals surface area contributed by atoms with E-state index in [1.54, 1.807) is 7.11 Å². The molecule has 1 aliphatic rings. The first-order valence-corrected chi connectivity index (χ1v) is 7.22. The summed E-state index contributed by atoms with van der Waals surface area (Å²) >= 11 is 3.51. The van der Waals surface area contributed by atoms with Gasteiger partial charge in [-0.15, -0.1) is 0 Å².